The van der Waals surface area contributed by atoms with E-state index in [4.69, 9.17) is 5.11 Å². The minimum atomic E-state index is -0.744. The highest BCUT2D eigenvalue weighted by atomic mass is 16.4. The summed E-state index contributed by atoms with van der Waals surface area (Å²) < 4.78 is 0. The summed E-state index contributed by atoms with van der Waals surface area (Å²) in [6.45, 7) is 6.25. The molecule has 2 unspecified atom stereocenters. The fraction of sp³-hybridized carbons (Fsp3) is 0.923. The van der Waals surface area contributed by atoms with Gasteiger partial charge in [-0.05, 0) is 38.0 Å². The van der Waals surface area contributed by atoms with Crippen molar-refractivity contribution in [1.82, 2.24) is 5.32 Å². The standard InChI is InChI=1S/C13H25NO2/c1-9(2)7-11-5-4-6-12(8-11)14-10(3)13(15)16/h9-12,14H,4-8H2,1-3H3,(H,15,16)/t10-,11?,12?/m1/s1. The average molecular weight is 227 g/mol. The Bertz CT molecular complexity index is 228. The van der Waals surface area contributed by atoms with Crippen LogP contribution in [0.4, 0.5) is 0 Å². The zero-order valence-corrected chi connectivity index (χ0v) is 10.7. The summed E-state index contributed by atoms with van der Waals surface area (Å²) >= 11 is 0. The maximum Gasteiger partial charge on any atom is 0.320 e. The summed E-state index contributed by atoms with van der Waals surface area (Å²) in [4.78, 5) is 10.8. The van der Waals surface area contributed by atoms with Crippen LogP contribution in [-0.4, -0.2) is 23.2 Å². The van der Waals surface area contributed by atoms with E-state index in [1.165, 1.54) is 19.3 Å². The number of aliphatic carboxylic acids is 1. The van der Waals surface area contributed by atoms with Crippen LogP contribution in [0, 0.1) is 11.8 Å². The molecule has 94 valence electrons. The van der Waals surface area contributed by atoms with Crippen LogP contribution in [0.15, 0.2) is 0 Å². The summed E-state index contributed by atoms with van der Waals surface area (Å²) in [6, 6.07) is -0.00796. The number of hydrogen-bond donors (Lipinski definition) is 2. The van der Waals surface area contributed by atoms with Gasteiger partial charge in [0, 0.05) is 6.04 Å². The Kier molecular flexibility index (Phi) is 5.26. The van der Waals surface area contributed by atoms with Crippen molar-refractivity contribution in [3.05, 3.63) is 0 Å². The molecule has 2 N–H and O–H groups in total. The summed E-state index contributed by atoms with van der Waals surface area (Å²) in [6.07, 6.45) is 6.11. The highest BCUT2D eigenvalue weighted by molar-refractivity contribution is 5.72. The van der Waals surface area contributed by atoms with E-state index in [1.807, 2.05) is 0 Å². The third-order valence-electron chi connectivity index (χ3n) is 3.44. The Labute approximate surface area is 98.6 Å². The molecule has 1 saturated carbocycles. The van der Waals surface area contributed by atoms with Crippen LogP contribution in [0.1, 0.15) is 52.9 Å². The molecular weight excluding hydrogens is 202 g/mol. The first-order valence-electron chi connectivity index (χ1n) is 6.48. The van der Waals surface area contributed by atoms with Crippen molar-refractivity contribution < 1.29 is 9.90 Å². The lowest BCUT2D eigenvalue weighted by atomic mass is 9.81. The van der Waals surface area contributed by atoms with Gasteiger partial charge in [0.15, 0.2) is 0 Å². The van der Waals surface area contributed by atoms with Gasteiger partial charge in [-0.1, -0.05) is 26.7 Å². The van der Waals surface area contributed by atoms with E-state index in [1.54, 1.807) is 6.92 Å². The van der Waals surface area contributed by atoms with Crippen molar-refractivity contribution in [3.8, 4) is 0 Å². The maximum absolute atomic E-state index is 10.8. The summed E-state index contributed by atoms with van der Waals surface area (Å²) in [5.41, 5.74) is 0. The Hall–Kier alpha value is -0.570. The molecule has 16 heavy (non-hydrogen) atoms. The molecule has 1 aliphatic rings. The molecule has 0 radical (unpaired) electrons. The number of carbonyl (C=O) groups is 1. The smallest absolute Gasteiger partial charge is 0.320 e. The maximum atomic E-state index is 10.8. The molecule has 0 heterocycles. The molecule has 3 heteroatoms. The number of hydrogen-bond acceptors (Lipinski definition) is 2. The monoisotopic (exact) mass is 227 g/mol. The molecule has 1 rings (SSSR count). The van der Waals surface area contributed by atoms with Crippen LogP contribution in [0.25, 0.3) is 0 Å². The van der Waals surface area contributed by atoms with Crippen molar-refractivity contribution in [2.24, 2.45) is 11.8 Å². The Morgan fingerprint density at radius 3 is 2.62 bits per heavy atom. The lowest BCUT2D eigenvalue weighted by Gasteiger charge is -2.31. The first-order chi connectivity index (χ1) is 7.49. The second kappa shape index (κ2) is 6.24. The molecular formula is C13H25NO2. The SMILES string of the molecule is CC(C)CC1CCCC(N[C@H](C)C(=O)O)C1. The first-order valence-corrected chi connectivity index (χ1v) is 6.48. The van der Waals surface area contributed by atoms with Gasteiger partial charge in [-0.25, -0.2) is 0 Å². The zero-order chi connectivity index (χ0) is 12.1. The normalized spacial score (nSPS) is 28.0. The molecule has 0 spiro atoms. The molecule has 0 aromatic heterocycles. The molecule has 0 bridgehead atoms. The van der Waals surface area contributed by atoms with E-state index in [0.717, 1.165) is 24.7 Å². The highest BCUT2D eigenvalue weighted by Crippen LogP contribution is 2.29. The van der Waals surface area contributed by atoms with Crippen LogP contribution >= 0.6 is 0 Å². The van der Waals surface area contributed by atoms with Crippen LogP contribution in [-0.2, 0) is 4.79 Å². The van der Waals surface area contributed by atoms with Crippen molar-refractivity contribution in [1.29, 1.82) is 0 Å². The van der Waals surface area contributed by atoms with E-state index in [-0.39, 0.29) is 0 Å². The largest absolute Gasteiger partial charge is 0.480 e. The molecule has 0 amide bonds. The highest BCUT2D eigenvalue weighted by Gasteiger charge is 2.24. The molecule has 3 atom stereocenters. The summed E-state index contributed by atoms with van der Waals surface area (Å²) in [7, 11) is 0. The lowest BCUT2D eigenvalue weighted by Crippen LogP contribution is -2.43. The van der Waals surface area contributed by atoms with Gasteiger partial charge in [0.25, 0.3) is 0 Å². The van der Waals surface area contributed by atoms with Crippen LogP contribution < -0.4 is 5.32 Å². The first kappa shape index (κ1) is 13.5. The van der Waals surface area contributed by atoms with Crippen molar-refractivity contribution in [2.45, 2.75) is 65.0 Å². The van der Waals surface area contributed by atoms with Gasteiger partial charge >= 0.3 is 5.97 Å². The third kappa shape index (κ3) is 4.52. The minimum absolute atomic E-state index is 0.406. The van der Waals surface area contributed by atoms with E-state index >= 15 is 0 Å². The van der Waals surface area contributed by atoms with Gasteiger partial charge in [-0.3, -0.25) is 4.79 Å². The predicted molar refractivity (Wildman–Crippen MR) is 65.4 cm³/mol. The van der Waals surface area contributed by atoms with E-state index in [0.29, 0.717) is 6.04 Å². The molecule has 1 fully saturated rings. The number of carboxylic acid groups (broad SMARTS) is 1. The van der Waals surface area contributed by atoms with Gasteiger partial charge in [-0.2, -0.15) is 0 Å². The van der Waals surface area contributed by atoms with Crippen molar-refractivity contribution in [2.75, 3.05) is 0 Å². The van der Waals surface area contributed by atoms with Crippen molar-refractivity contribution >= 4 is 5.97 Å². The second-order valence-corrected chi connectivity index (χ2v) is 5.59. The average Bonchev–Trinajstić information content (AvgIpc) is 2.16. The fourth-order valence-electron chi connectivity index (χ4n) is 2.75. The van der Waals surface area contributed by atoms with Gasteiger partial charge in [0.2, 0.25) is 0 Å². The molecule has 0 aromatic rings. The van der Waals surface area contributed by atoms with E-state index < -0.39 is 12.0 Å². The molecule has 0 saturated heterocycles. The van der Waals surface area contributed by atoms with Crippen LogP contribution in [0.3, 0.4) is 0 Å². The second-order valence-electron chi connectivity index (χ2n) is 5.59. The Morgan fingerprint density at radius 2 is 2.06 bits per heavy atom. The van der Waals surface area contributed by atoms with E-state index in [9.17, 15) is 4.79 Å². The van der Waals surface area contributed by atoms with Crippen molar-refractivity contribution in [3.63, 3.8) is 0 Å². The van der Waals surface area contributed by atoms with Crippen LogP contribution in [0.2, 0.25) is 0 Å². The summed E-state index contributed by atoms with van der Waals surface area (Å²) in [5.74, 6) is 0.791. The summed E-state index contributed by atoms with van der Waals surface area (Å²) in [5, 5.41) is 12.1. The van der Waals surface area contributed by atoms with Gasteiger partial charge in [-0.15, -0.1) is 0 Å². The number of rotatable bonds is 5. The minimum Gasteiger partial charge on any atom is -0.480 e. The van der Waals surface area contributed by atoms with Gasteiger partial charge in [0.05, 0.1) is 0 Å². The van der Waals surface area contributed by atoms with Gasteiger partial charge in [0.1, 0.15) is 6.04 Å². The molecule has 3 nitrogen and oxygen atoms in total. The van der Waals surface area contributed by atoms with E-state index in [2.05, 4.69) is 19.2 Å². The fourth-order valence-corrected chi connectivity index (χ4v) is 2.75. The lowest BCUT2D eigenvalue weighted by molar-refractivity contribution is -0.139. The molecule has 1 aliphatic carbocycles. The topological polar surface area (TPSA) is 49.3 Å². The zero-order valence-electron chi connectivity index (χ0n) is 10.7. The van der Waals surface area contributed by atoms with Crippen LogP contribution in [0.5, 0.6) is 0 Å². The Balaban J connectivity index is 2.35. The Morgan fingerprint density at radius 1 is 1.38 bits per heavy atom. The predicted octanol–water partition coefficient (Wildman–Crippen LogP) is 2.65. The number of nitrogens with one attached hydrogen (secondary N) is 1. The number of carboxylic acids is 1. The third-order valence-corrected chi connectivity index (χ3v) is 3.44. The van der Waals surface area contributed by atoms with Gasteiger partial charge < -0.3 is 10.4 Å². The molecule has 0 aliphatic heterocycles. The molecule has 0 aromatic carbocycles. The quantitative estimate of drug-likeness (QED) is 0.759.